The van der Waals surface area contributed by atoms with E-state index < -0.39 is 10.0 Å². The standard InChI is InChI=1S/C14H18N2O4S/c1-11-6-7-13(12(9-11)5-4-8-17)21(19,20)15-10-14(18)16(2)3/h6-7,9,15,17H,8,10H2,1-3H3. The molecule has 0 spiro atoms. The van der Waals surface area contributed by atoms with E-state index in [1.54, 1.807) is 26.2 Å². The Morgan fingerprint density at radius 3 is 2.62 bits per heavy atom. The summed E-state index contributed by atoms with van der Waals surface area (Å²) in [6, 6.07) is 4.69. The quantitative estimate of drug-likeness (QED) is 0.748. The third kappa shape index (κ3) is 4.86. The summed E-state index contributed by atoms with van der Waals surface area (Å²) in [7, 11) is -0.764. The molecule has 0 heterocycles. The van der Waals surface area contributed by atoms with Gasteiger partial charge in [0.05, 0.1) is 11.4 Å². The lowest BCUT2D eigenvalue weighted by Gasteiger charge is -2.12. The molecule has 0 saturated heterocycles. The highest BCUT2D eigenvalue weighted by molar-refractivity contribution is 7.89. The molecule has 7 heteroatoms. The van der Waals surface area contributed by atoms with E-state index in [2.05, 4.69) is 16.6 Å². The molecule has 1 aromatic rings. The molecule has 1 rings (SSSR count). The van der Waals surface area contributed by atoms with E-state index in [0.717, 1.165) is 5.56 Å². The van der Waals surface area contributed by atoms with Gasteiger partial charge < -0.3 is 10.0 Å². The summed E-state index contributed by atoms with van der Waals surface area (Å²) in [6.45, 7) is 1.12. The van der Waals surface area contributed by atoms with Crippen molar-refractivity contribution in [1.29, 1.82) is 0 Å². The zero-order valence-corrected chi connectivity index (χ0v) is 13.0. The summed E-state index contributed by atoms with van der Waals surface area (Å²) in [5.41, 5.74) is 1.13. The molecule has 0 aromatic heterocycles. The third-order valence-electron chi connectivity index (χ3n) is 2.64. The summed E-state index contributed by atoms with van der Waals surface area (Å²) in [4.78, 5) is 12.8. The topological polar surface area (TPSA) is 86.7 Å². The van der Waals surface area contributed by atoms with Crippen LogP contribution >= 0.6 is 0 Å². The highest BCUT2D eigenvalue weighted by Gasteiger charge is 2.19. The van der Waals surface area contributed by atoms with Crippen molar-refractivity contribution in [2.24, 2.45) is 0 Å². The molecular formula is C14H18N2O4S. The number of carbonyl (C=O) groups excluding carboxylic acids is 1. The van der Waals surface area contributed by atoms with Gasteiger partial charge in [-0.2, -0.15) is 0 Å². The number of rotatable bonds is 4. The summed E-state index contributed by atoms with van der Waals surface area (Å²) in [6.07, 6.45) is 0. The van der Waals surface area contributed by atoms with Crippen LogP contribution in [0.1, 0.15) is 11.1 Å². The Hall–Kier alpha value is -1.88. The molecule has 6 nitrogen and oxygen atoms in total. The van der Waals surface area contributed by atoms with Gasteiger partial charge in [-0.05, 0) is 24.6 Å². The minimum atomic E-state index is -3.85. The van der Waals surface area contributed by atoms with Crippen molar-refractivity contribution in [3.63, 3.8) is 0 Å². The Kier molecular flexibility index (Phi) is 5.90. The Morgan fingerprint density at radius 1 is 1.38 bits per heavy atom. The van der Waals surface area contributed by atoms with Crippen molar-refractivity contribution in [3.8, 4) is 11.8 Å². The van der Waals surface area contributed by atoms with Crippen LogP contribution in [0.3, 0.4) is 0 Å². The molecule has 0 radical (unpaired) electrons. The molecule has 0 saturated carbocycles. The Balaban J connectivity index is 3.11. The maximum Gasteiger partial charge on any atom is 0.242 e. The average molecular weight is 310 g/mol. The first-order chi connectivity index (χ1) is 9.77. The highest BCUT2D eigenvalue weighted by atomic mass is 32.2. The maximum atomic E-state index is 12.2. The maximum absolute atomic E-state index is 12.2. The van der Waals surface area contributed by atoms with Crippen molar-refractivity contribution in [1.82, 2.24) is 9.62 Å². The second-order valence-corrected chi connectivity index (χ2v) is 6.31. The number of aliphatic hydroxyl groups excluding tert-OH is 1. The monoisotopic (exact) mass is 310 g/mol. The second kappa shape index (κ2) is 7.22. The lowest BCUT2D eigenvalue weighted by Crippen LogP contribution is -2.36. The fourth-order valence-electron chi connectivity index (χ4n) is 1.50. The molecule has 114 valence electrons. The van der Waals surface area contributed by atoms with Crippen LogP contribution in [0.25, 0.3) is 0 Å². The Labute approximate surface area is 124 Å². The first kappa shape index (κ1) is 17.2. The second-order valence-electron chi connectivity index (χ2n) is 4.57. The Morgan fingerprint density at radius 2 is 2.05 bits per heavy atom. The van der Waals surface area contributed by atoms with Gasteiger partial charge in [-0.3, -0.25) is 4.79 Å². The average Bonchev–Trinajstić information content (AvgIpc) is 2.42. The van der Waals surface area contributed by atoms with E-state index >= 15 is 0 Å². The lowest BCUT2D eigenvalue weighted by atomic mass is 10.1. The third-order valence-corrected chi connectivity index (χ3v) is 4.10. The molecule has 1 amide bonds. The van der Waals surface area contributed by atoms with Crippen molar-refractivity contribution in [2.75, 3.05) is 27.2 Å². The number of benzene rings is 1. The number of hydrogen-bond donors (Lipinski definition) is 2. The molecule has 0 aliphatic heterocycles. The van der Waals surface area contributed by atoms with E-state index in [9.17, 15) is 13.2 Å². The fraction of sp³-hybridized carbons (Fsp3) is 0.357. The van der Waals surface area contributed by atoms with Crippen molar-refractivity contribution in [3.05, 3.63) is 29.3 Å². The summed E-state index contributed by atoms with van der Waals surface area (Å²) >= 11 is 0. The van der Waals surface area contributed by atoms with Gasteiger partial charge in [0.15, 0.2) is 0 Å². The number of aryl methyl sites for hydroxylation is 1. The first-order valence-electron chi connectivity index (χ1n) is 6.18. The van der Waals surface area contributed by atoms with Crippen LogP contribution in [-0.2, 0) is 14.8 Å². The summed E-state index contributed by atoms with van der Waals surface area (Å²) in [5.74, 6) is 4.68. The van der Waals surface area contributed by atoms with E-state index in [1.807, 2.05) is 6.92 Å². The van der Waals surface area contributed by atoms with Crippen LogP contribution in [0, 0.1) is 18.8 Å². The number of amides is 1. The number of aliphatic hydroxyl groups is 1. The lowest BCUT2D eigenvalue weighted by molar-refractivity contribution is -0.127. The SMILES string of the molecule is Cc1ccc(S(=O)(=O)NCC(=O)N(C)C)c(C#CCO)c1. The molecule has 0 aliphatic carbocycles. The molecule has 0 unspecified atom stereocenters. The van der Waals surface area contributed by atoms with Crippen LogP contribution in [0.15, 0.2) is 23.1 Å². The minimum Gasteiger partial charge on any atom is -0.384 e. The zero-order valence-electron chi connectivity index (χ0n) is 12.2. The van der Waals surface area contributed by atoms with Crippen molar-refractivity contribution < 1.29 is 18.3 Å². The number of carbonyl (C=O) groups is 1. The van der Waals surface area contributed by atoms with Gasteiger partial charge in [0.1, 0.15) is 6.61 Å². The van der Waals surface area contributed by atoms with Gasteiger partial charge in [-0.25, -0.2) is 13.1 Å². The number of sulfonamides is 1. The van der Waals surface area contributed by atoms with Crippen LogP contribution in [-0.4, -0.2) is 51.6 Å². The molecule has 0 fully saturated rings. The van der Waals surface area contributed by atoms with Crippen molar-refractivity contribution >= 4 is 15.9 Å². The Bertz CT molecular complexity index is 685. The fourth-order valence-corrected chi connectivity index (χ4v) is 2.62. The highest BCUT2D eigenvalue weighted by Crippen LogP contribution is 2.16. The zero-order chi connectivity index (χ0) is 16.0. The molecular weight excluding hydrogens is 292 g/mol. The number of nitrogens with one attached hydrogen (secondary N) is 1. The van der Waals surface area contributed by atoms with Gasteiger partial charge in [0.2, 0.25) is 15.9 Å². The smallest absolute Gasteiger partial charge is 0.242 e. The van der Waals surface area contributed by atoms with Crippen LogP contribution in [0.2, 0.25) is 0 Å². The van der Waals surface area contributed by atoms with Gasteiger partial charge in [0, 0.05) is 19.7 Å². The number of nitrogens with zero attached hydrogens (tertiary/aromatic N) is 1. The predicted octanol–water partition coefficient (Wildman–Crippen LogP) is -0.295. The number of likely N-dealkylation sites (N-methyl/N-ethyl adjacent to an activating group) is 1. The number of hydrogen-bond acceptors (Lipinski definition) is 4. The molecule has 1 aromatic carbocycles. The van der Waals surface area contributed by atoms with Crippen LogP contribution in [0.5, 0.6) is 0 Å². The normalized spacial score (nSPS) is 10.7. The molecule has 0 aliphatic rings. The largest absolute Gasteiger partial charge is 0.384 e. The first-order valence-corrected chi connectivity index (χ1v) is 7.66. The molecule has 0 bridgehead atoms. The summed E-state index contributed by atoms with van der Waals surface area (Å²) < 4.78 is 26.7. The van der Waals surface area contributed by atoms with E-state index in [4.69, 9.17) is 5.11 Å². The van der Waals surface area contributed by atoms with E-state index in [0.29, 0.717) is 0 Å². The minimum absolute atomic E-state index is 0.0133. The van der Waals surface area contributed by atoms with Gasteiger partial charge in [0.25, 0.3) is 0 Å². The van der Waals surface area contributed by atoms with Crippen molar-refractivity contribution in [2.45, 2.75) is 11.8 Å². The molecule has 2 N–H and O–H groups in total. The molecule has 21 heavy (non-hydrogen) atoms. The van der Waals surface area contributed by atoms with Crippen LogP contribution in [0.4, 0.5) is 0 Å². The predicted molar refractivity (Wildman–Crippen MR) is 79.0 cm³/mol. The van der Waals surface area contributed by atoms with Gasteiger partial charge in [-0.15, -0.1) is 0 Å². The summed E-state index contributed by atoms with van der Waals surface area (Å²) in [5, 5.41) is 8.74. The van der Waals surface area contributed by atoms with Gasteiger partial charge in [-0.1, -0.05) is 17.9 Å². The van der Waals surface area contributed by atoms with Crippen LogP contribution < -0.4 is 4.72 Å². The van der Waals surface area contributed by atoms with E-state index in [-0.39, 0.29) is 29.5 Å². The van der Waals surface area contributed by atoms with E-state index in [1.165, 1.54) is 11.0 Å². The van der Waals surface area contributed by atoms with Gasteiger partial charge >= 0.3 is 0 Å². The molecule has 0 atom stereocenters.